The third-order valence-corrected chi connectivity index (χ3v) is 3.81. The molecule has 2 saturated carbocycles. The van der Waals surface area contributed by atoms with Crippen molar-refractivity contribution in [3.8, 4) is 0 Å². The van der Waals surface area contributed by atoms with Gasteiger partial charge < -0.3 is 5.73 Å². The van der Waals surface area contributed by atoms with E-state index in [9.17, 15) is 0 Å². The average Bonchev–Trinajstić information content (AvgIpc) is 2.24. The maximum Gasteiger partial charge on any atom is 0.0159 e. The minimum atomic E-state index is 0.241. The monoisotopic (exact) mass is 167 g/mol. The van der Waals surface area contributed by atoms with Gasteiger partial charge in [0.25, 0.3) is 0 Å². The maximum atomic E-state index is 6.36. The molecule has 70 valence electrons. The van der Waals surface area contributed by atoms with E-state index in [1.54, 1.807) is 0 Å². The van der Waals surface area contributed by atoms with Crippen molar-refractivity contribution >= 4 is 0 Å². The first-order valence-electron chi connectivity index (χ1n) is 5.47. The molecule has 0 spiro atoms. The molecule has 0 saturated heterocycles. The molecule has 1 heteroatoms. The van der Waals surface area contributed by atoms with Gasteiger partial charge in [-0.3, -0.25) is 0 Å². The average molecular weight is 167 g/mol. The molecule has 2 aliphatic carbocycles. The fourth-order valence-electron chi connectivity index (χ4n) is 2.89. The van der Waals surface area contributed by atoms with Crippen LogP contribution < -0.4 is 5.73 Å². The Balaban J connectivity index is 1.84. The lowest BCUT2D eigenvalue weighted by molar-refractivity contribution is 0.223. The predicted molar refractivity (Wildman–Crippen MR) is 51.9 cm³/mol. The molecule has 0 bridgehead atoms. The molecule has 0 aliphatic heterocycles. The van der Waals surface area contributed by atoms with Gasteiger partial charge in [-0.25, -0.2) is 0 Å². The van der Waals surface area contributed by atoms with Crippen LogP contribution in [0.5, 0.6) is 0 Å². The summed E-state index contributed by atoms with van der Waals surface area (Å²) in [6.45, 7) is 2.34. The Hall–Kier alpha value is -0.0400. The smallest absolute Gasteiger partial charge is 0.0159 e. The molecule has 2 atom stereocenters. The van der Waals surface area contributed by atoms with Crippen molar-refractivity contribution < 1.29 is 0 Å². The van der Waals surface area contributed by atoms with E-state index in [0.29, 0.717) is 0 Å². The van der Waals surface area contributed by atoms with Gasteiger partial charge in [0.15, 0.2) is 0 Å². The Morgan fingerprint density at radius 2 is 2.08 bits per heavy atom. The van der Waals surface area contributed by atoms with Crippen LogP contribution in [-0.2, 0) is 0 Å². The minimum Gasteiger partial charge on any atom is -0.325 e. The summed E-state index contributed by atoms with van der Waals surface area (Å²) < 4.78 is 0. The molecule has 2 fully saturated rings. The first-order valence-corrected chi connectivity index (χ1v) is 5.47. The van der Waals surface area contributed by atoms with Crippen molar-refractivity contribution in [3.05, 3.63) is 0 Å². The molecule has 0 radical (unpaired) electrons. The van der Waals surface area contributed by atoms with E-state index in [0.717, 1.165) is 11.8 Å². The molecule has 0 aromatic heterocycles. The van der Waals surface area contributed by atoms with Crippen molar-refractivity contribution in [3.63, 3.8) is 0 Å². The zero-order chi connectivity index (χ0) is 8.60. The number of hydrogen-bond donors (Lipinski definition) is 1. The van der Waals surface area contributed by atoms with E-state index >= 15 is 0 Å². The van der Waals surface area contributed by atoms with Gasteiger partial charge in [-0.15, -0.1) is 0 Å². The molecule has 0 amide bonds. The normalized spacial score (nSPS) is 43.0. The van der Waals surface area contributed by atoms with Crippen LogP contribution in [0.15, 0.2) is 0 Å². The van der Waals surface area contributed by atoms with Crippen LogP contribution in [0, 0.1) is 11.8 Å². The quantitative estimate of drug-likeness (QED) is 0.672. The Bertz CT molecular complexity index is 162. The Morgan fingerprint density at radius 1 is 1.33 bits per heavy atom. The molecule has 2 rings (SSSR count). The van der Waals surface area contributed by atoms with E-state index in [-0.39, 0.29) is 5.54 Å². The molecular weight excluding hydrogens is 146 g/mol. The first-order chi connectivity index (χ1) is 5.68. The summed E-state index contributed by atoms with van der Waals surface area (Å²) in [5, 5.41) is 0. The first kappa shape index (κ1) is 8.55. The summed E-state index contributed by atoms with van der Waals surface area (Å²) in [5.74, 6) is 1.87. The van der Waals surface area contributed by atoms with Crippen molar-refractivity contribution in [1.82, 2.24) is 0 Å². The van der Waals surface area contributed by atoms with Gasteiger partial charge in [0.1, 0.15) is 0 Å². The van der Waals surface area contributed by atoms with Crippen LogP contribution in [0.3, 0.4) is 0 Å². The number of hydrogen-bond acceptors (Lipinski definition) is 1. The summed E-state index contributed by atoms with van der Waals surface area (Å²) in [6.07, 6.45) is 9.60. The zero-order valence-corrected chi connectivity index (χ0v) is 8.18. The highest BCUT2D eigenvalue weighted by atomic mass is 14.8. The molecule has 0 aromatic carbocycles. The van der Waals surface area contributed by atoms with E-state index in [2.05, 4.69) is 6.92 Å². The second kappa shape index (κ2) is 3.02. The van der Waals surface area contributed by atoms with Gasteiger partial charge in [0.2, 0.25) is 0 Å². The third-order valence-electron chi connectivity index (χ3n) is 3.81. The van der Waals surface area contributed by atoms with Crippen LogP contribution in [0.4, 0.5) is 0 Å². The fraction of sp³-hybridized carbons (Fsp3) is 1.00. The van der Waals surface area contributed by atoms with E-state index in [1.807, 2.05) is 0 Å². The summed E-state index contributed by atoms with van der Waals surface area (Å²) in [5.41, 5.74) is 6.60. The fourth-order valence-corrected chi connectivity index (χ4v) is 2.89. The van der Waals surface area contributed by atoms with Gasteiger partial charge >= 0.3 is 0 Å². The third kappa shape index (κ3) is 1.66. The molecule has 2 aliphatic rings. The Kier molecular flexibility index (Phi) is 2.16. The van der Waals surface area contributed by atoms with E-state index in [4.69, 9.17) is 5.73 Å². The predicted octanol–water partition coefficient (Wildman–Crippen LogP) is 2.69. The van der Waals surface area contributed by atoms with Gasteiger partial charge in [0.05, 0.1) is 0 Å². The largest absolute Gasteiger partial charge is 0.325 e. The lowest BCUT2D eigenvalue weighted by Gasteiger charge is -2.34. The highest BCUT2D eigenvalue weighted by molar-refractivity contribution is 4.94. The van der Waals surface area contributed by atoms with Crippen molar-refractivity contribution in [2.45, 2.75) is 57.4 Å². The van der Waals surface area contributed by atoms with E-state index < -0.39 is 0 Å². The summed E-state index contributed by atoms with van der Waals surface area (Å²) in [6, 6.07) is 0. The van der Waals surface area contributed by atoms with Crippen LogP contribution in [0.25, 0.3) is 0 Å². The zero-order valence-electron chi connectivity index (χ0n) is 8.18. The van der Waals surface area contributed by atoms with Crippen molar-refractivity contribution in [2.24, 2.45) is 17.6 Å². The Labute approximate surface area is 75.7 Å². The van der Waals surface area contributed by atoms with E-state index in [1.165, 1.54) is 44.9 Å². The summed E-state index contributed by atoms with van der Waals surface area (Å²) in [4.78, 5) is 0. The molecular formula is C11H21N. The SMILES string of the molecule is CC1CCC(N)(CC2CCC2)C1. The summed E-state index contributed by atoms with van der Waals surface area (Å²) in [7, 11) is 0. The van der Waals surface area contributed by atoms with Crippen molar-refractivity contribution in [2.75, 3.05) is 0 Å². The summed E-state index contributed by atoms with van der Waals surface area (Å²) >= 11 is 0. The number of rotatable bonds is 2. The molecule has 1 nitrogen and oxygen atoms in total. The van der Waals surface area contributed by atoms with Gasteiger partial charge in [-0.1, -0.05) is 26.2 Å². The lowest BCUT2D eigenvalue weighted by atomic mass is 9.75. The molecule has 12 heavy (non-hydrogen) atoms. The Morgan fingerprint density at radius 3 is 2.50 bits per heavy atom. The molecule has 0 aromatic rings. The number of nitrogens with two attached hydrogens (primary N) is 1. The molecule has 2 unspecified atom stereocenters. The van der Waals surface area contributed by atoms with Crippen LogP contribution in [-0.4, -0.2) is 5.54 Å². The van der Waals surface area contributed by atoms with Gasteiger partial charge in [-0.2, -0.15) is 0 Å². The van der Waals surface area contributed by atoms with Crippen LogP contribution in [0.2, 0.25) is 0 Å². The second-order valence-corrected chi connectivity index (χ2v) is 5.21. The van der Waals surface area contributed by atoms with Gasteiger partial charge in [0, 0.05) is 5.54 Å². The maximum absolute atomic E-state index is 6.36. The highest BCUT2D eigenvalue weighted by Crippen LogP contribution is 2.41. The van der Waals surface area contributed by atoms with Crippen LogP contribution in [0.1, 0.15) is 51.9 Å². The highest BCUT2D eigenvalue weighted by Gasteiger charge is 2.36. The lowest BCUT2D eigenvalue weighted by Crippen LogP contribution is -2.40. The standard InChI is InChI=1S/C11H21N/c1-9-5-6-11(12,7-9)8-10-3-2-4-10/h9-10H,2-8,12H2,1H3. The van der Waals surface area contributed by atoms with Crippen LogP contribution >= 0.6 is 0 Å². The minimum absolute atomic E-state index is 0.241. The van der Waals surface area contributed by atoms with Gasteiger partial charge in [-0.05, 0) is 37.5 Å². The van der Waals surface area contributed by atoms with Crippen molar-refractivity contribution in [1.29, 1.82) is 0 Å². The topological polar surface area (TPSA) is 26.0 Å². The second-order valence-electron chi connectivity index (χ2n) is 5.21. The molecule has 2 N–H and O–H groups in total. The molecule has 0 heterocycles.